The number of anilines is 1. The summed E-state index contributed by atoms with van der Waals surface area (Å²) in [5.41, 5.74) is 5.18. The van der Waals surface area contributed by atoms with Crippen molar-refractivity contribution in [3.05, 3.63) is 35.8 Å². The smallest absolute Gasteiger partial charge is 0.254 e. The lowest BCUT2D eigenvalue weighted by atomic mass is 10.2. The number of rotatable bonds is 4. The lowest BCUT2D eigenvalue weighted by molar-refractivity contribution is 0.0950. The second-order valence-electron chi connectivity index (χ2n) is 3.92. The molecule has 2 aromatic heterocycles. The Labute approximate surface area is 108 Å². The molecule has 0 saturated carbocycles. The van der Waals surface area contributed by atoms with Gasteiger partial charge >= 0.3 is 0 Å². The van der Waals surface area contributed by atoms with Crippen LogP contribution < -0.4 is 11.1 Å². The third-order valence-electron chi connectivity index (χ3n) is 2.60. The molecule has 100 valence electrons. The van der Waals surface area contributed by atoms with E-state index < -0.39 is 11.7 Å². The monoisotopic (exact) mass is 264 g/mol. The predicted molar refractivity (Wildman–Crippen MR) is 65.6 cm³/mol. The molecule has 0 aliphatic carbocycles. The van der Waals surface area contributed by atoms with E-state index in [1.807, 2.05) is 0 Å². The van der Waals surface area contributed by atoms with E-state index in [9.17, 15) is 9.18 Å². The highest BCUT2D eigenvalue weighted by Crippen LogP contribution is 2.11. The molecule has 2 heterocycles. The average Bonchev–Trinajstić information content (AvgIpc) is 2.78. The average molecular weight is 264 g/mol. The summed E-state index contributed by atoms with van der Waals surface area (Å²) in [4.78, 5) is 15.3. The van der Waals surface area contributed by atoms with Gasteiger partial charge in [-0.2, -0.15) is 0 Å². The van der Waals surface area contributed by atoms with Crippen LogP contribution in [0.25, 0.3) is 0 Å². The largest absolute Gasteiger partial charge is 0.381 e. The second kappa shape index (κ2) is 5.42. The molecule has 0 fully saturated rings. The molecule has 0 aromatic carbocycles. The fraction of sp³-hybridized carbons (Fsp3) is 0.273. The molecule has 1 amide bonds. The summed E-state index contributed by atoms with van der Waals surface area (Å²) in [5.74, 6) is -0.900. The van der Waals surface area contributed by atoms with Crippen LogP contribution in [0.5, 0.6) is 0 Å². The van der Waals surface area contributed by atoms with Crippen molar-refractivity contribution in [3.8, 4) is 0 Å². The number of nitrogen functional groups attached to an aromatic ring is 1. The number of halogens is 1. The normalized spacial score (nSPS) is 10.4. The van der Waals surface area contributed by atoms with Gasteiger partial charge in [0.25, 0.3) is 5.91 Å². The van der Waals surface area contributed by atoms with Gasteiger partial charge in [0.15, 0.2) is 11.6 Å². The molecule has 3 N–H and O–H groups in total. The Hall–Kier alpha value is -2.51. The van der Waals surface area contributed by atoms with Crippen molar-refractivity contribution in [2.24, 2.45) is 7.05 Å². The van der Waals surface area contributed by atoms with Crippen LogP contribution in [0, 0.1) is 5.82 Å². The number of nitrogens with one attached hydrogen (secondary N) is 1. The van der Waals surface area contributed by atoms with Gasteiger partial charge in [-0.15, -0.1) is 10.2 Å². The molecule has 0 aliphatic rings. The quantitative estimate of drug-likeness (QED) is 0.803. The van der Waals surface area contributed by atoms with E-state index in [1.54, 1.807) is 17.9 Å². The van der Waals surface area contributed by atoms with E-state index >= 15 is 0 Å². The van der Waals surface area contributed by atoms with Crippen molar-refractivity contribution < 1.29 is 9.18 Å². The van der Waals surface area contributed by atoms with E-state index in [0.717, 1.165) is 5.82 Å². The summed E-state index contributed by atoms with van der Waals surface area (Å²) in [6.07, 6.45) is 3.36. The van der Waals surface area contributed by atoms with Crippen LogP contribution >= 0.6 is 0 Å². The fourth-order valence-electron chi connectivity index (χ4n) is 1.55. The van der Waals surface area contributed by atoms with Gasteiger partial charge < -0.3 is 15.6 Å². The molecule has 19 heavy (non-hydrogen) atoms. The number of aromatic nitrogens is 4. The Kier molecular flexibility index (Phi) is 3.69. The van der Waals surface area contributed by atoms with Crippen LogP contribution in [0.1, 0.15) is 16.2 Å². The molecule has 0 unspecified atom stereocenters. The Morgan fingerprint density at radius 2 is 2.37 bits per heavy atom. The Balaban J connectivity index is 1.95. The van der Waals surface area contributed by atoms with Gasteiger partial charge in [0.1, 0.15) is 12.2 Å². The zero-order valence-electron chi connectivity index (χ0n) is 10.3. The first-order chi connectivity index (χ1) is 9.09. The number of nitrogens with two attached hydrogens (primary N) is 1. The minimum atomic E-state index is -0.807. The third-order valence-corrected chi connectivity index (χ3v) is 2.60. The Bertz CT molecular complexity index is 597. The molecule has 0 radical (unpaired) electrons. The maximum Gasteiger partial charge on any atom is 0.254 e. The Morgan fingerprint density at radius 3 is 3.05 bits per heavy atom. The van der Waals surface area contributed by atoms with Gasteiger partial charge in [-0.05, 0) is 6.07 Å². The van der Waals surface area contributed by atoms with Gasteiger partial charge in [-0.1, -0.05) is 0 Å². The summed E-state index contributed by atoms with van der Waals surface area (Å²) in [6, 6.07) is 1.28. The topological polar surface area (TPSA) is 98.7 Å². The van der Waals surface area contributed by atoms with Crippen molar-refractivity contribution in [1.82, 2.24) is 25.1 Å². The predicted octanol–water partition coefficient (Wildman–Crippen LogP) is -0.0961. The zero-order valence-corrected chi connectivity index (χ0v) is 10.3. The summed E-state index contributed by atoms with van der Waals surface area (Å²) >= 11 is 0. The van der Waals surface area contributed by atoms with E-state index in [1.165, 1.54) is 12.3 Å². The van der Waals surface area contributed by atoms with Crippen LogP contribution in [0.3, 0.4) is 0 Å². The lowest BCUT2D eigenvalue weighted by Gasteiger charge is -2.06. The highest BCUT2D eigenvalue weighted by Gasteiger charge is 2.14. The highest BCUT2D eigenvalue weighted by atomic mass is 19.1. The number of aryl methyl sites for hydroxylation is 1. The SMILES string of the molecule is Cn1cnnc1CCNC(=O)c1ccnc(N)c1F. The number of hydrogen-bond acceptors (Lipinski definition) is 5. The van der Waals surface area contributed by atoms with E-state index in [0.29, 0.717) is 13.0 Å². The minimum Gasteiger partial charge on any atom is -0.381 e. The van der Waals surface area contributed by atoms with Crippen molar-refractivity contribution in [2.45, 2.75) is 6.42 Å². The first-order valence-corrected chi connectivity index (χ1v) is 5.60. The van der Waals surface area contributed by atoms with Crippen molar-refractivity contribution in [3.63, 3.8) is 0 Å². The van der Waals surface area contributed by atoms with Crippen molar-refractivity contribution in [1.29, 1.82) is 0 Å². The molecule has 8 heteroatoms. The second-order valence-corrected chi connectivity index (χ2v) is 3.92. The van der Waals surface area contributed by atoms with Gasteiger partial charge in [-0.25, -0.2) is 9.37 Å². The summed E-state index contributed by atoms with van der Waals surface area (Å²) in [5, 5.41) is 10.2. The van der Waals surface area contributed by atoms with Crippen molar-refractivity contribution >= 4 is 11.7 Å². The maximum atomic E-state index is 13.5. The van der Waals surface area contributed by atoms with Crippen LogP contribution in [0.2, 0.25) is 0 Å². The number of amides is 1. The third kappa shape index (κ3) is 2.84. The van der Waals surface area contributed by atoms with Gasteiger partial charge in [0.05, 0.1) is 5.56 Å². The van der Waals surface area contributed by atoms with Crippen LogP contribution in [-0.4, -0.2) is 32.2 Å². The summed E-state index contributed by atoms with van der Waals surface area (Å²) in [7, 11) is 1.81. The minimum absolute atomic E-state index is 0.120. The molecule has 0 bridgehead atoms. The Morgan fingerprint density at radius 1 is 1.58 bits per heavy atom. The molecule has 0 saturated heterocycles. The van der Waals surface area contributed by atoms with E-state index in [4.69, 9.17) is 5.73 Å². The summed E-state index contributed by atoms with van der Waals surface area (Å²) in [6.45, 7) is 0.326. The maximum absolute atomic E-state index is 13.5. The van der Waals surface area contributed by atoms with Crippen LogP contribution in [0.4, 0.5) is 10.2 Å². The van der Waals surface area contributed by atoms with E-state index in [2.05, 4.69) is 20.5 Å². The van der Waals surface area contributed by atoms with Crippen LogP contribution in [-0.2, 0) is 13.5 Å². The number of nitrogens with zero attached hydrogens (tertiary/aromatic N) is 4. The van der Waals surface area contributed by atoms with Gasteiger partial charge in [0.2, 0.25) is 0 Å². The molecule has 7 nitrogen and oxygen atoms in total. The molecule has 0 atom stereocenters. The number of carbonyl (C=O) groups excluding carboxylic acids is 1. The van der Waals surface area contributed by atoms with Crippen molar-refractivity contribution in [2.75, 3.05) is 12.3 Å². The molecule has 0 spiro atoms. The highest BCUT2D eigenvalue weighted by molar-refractivity contribution is 5.95. The van der Waals surface area contributed by atoms with Crippen LogP contribution in [0.15, 0.2) is 18.6 Å². The lowest BCUT2D eigenvalue weighted by Crippen LogP contribution is -2.27. The number of carbonyl (C=O) groups is 1. The molecule has 0 aliphatic heterocycles. The summed E-state index contributed by atoms with van der Waals surface area (Å²) < 4.78 is 15.3. The molecular formula is C11H13FN6O. The first-order valence-electron chi connectivity index (χ1n) is 5.60. The first kappa shape index (κ1) is 12.9. The number of pyridine rings is 1. The standard InChI is InChI=1S/C11H13FN6O/c1-18-6-16-17-8(18)3-5-15-11(19)7-2-4-14-10(13)9(7)12/h2,4,6H,3,5H2,1H3,(H2,13,14)(H,15,19). The van der Waals surface area contributed by atoms with Gasteiger partial charge in [-0.3, -0.25) is 4.79 Å². The zero-order chi connectivity index (χ0) is 13.8. The molecular weight excluding hydrogens is 251 g/mol. The molecule has 2 rings (SSSR count). The van der Waals surface area contributed by atoms with Gasteiger partial charge in [0, 0.05) is 26.2 Å². The van der Waals surface area contributed by atoms with E-state index in [-0.39, 0.29) is 11.4 Å². The fourth-order valence-corrected chi connectivity index (χ4v) is 1.55. The molecule has 2 aromatic rings. The number of hydrogen-bond donors (Lipinski definition) is 2.